The zero-order chi connectivity index (χ0) is 15.0. The van der Waals surface area contributed by atoms with Crippen molar-refractivity contribution < 1.29 is 23.1 Å². The molecule has 20 heavy (non-hydrogen) atoms. The number of carbonyl (C=O) groups excluding carboxylic acids is 1. The zero-order valence-corrected chi connectivity index (χ0v) is 11.5. The molecule has 1 amide bonds. The van der Waals surface area contributed by atoms with Crippen LogP contribution in [0.3, 0.4) is 0 Å². The van der Waals surface area contributed by atoms with Gasteiger partial charge in [-0.3, -0.25) is 4.72 Å². The second-order valence-electron chi connectivity index (χ2n) is 3.47. The van der Waals surface area contributed by atoms with Crippen molar-refractivity contribution in [2.75, 3.05) is 17.9 Å². The molecule has 1 aromatic carbocycles. The highest BCUT2D eigenvalue weighted by atomic mass is 32.2. The SMILES string of the molecule is CCOC(=O)NS(=O)(=O)Nc1cccc(C#CCO)c1. The average Bonchev–Trinajstić information content (AvgIpc) is 2.35. The molecule has 1 rings (SSSR count). The Labute approximate surface area is 117 Å². The van der Waals surface area contributed by atoms with E-state index in [1.807, 2.05) is 0 Å². The number of hydrogen-bond donors (Lipinski definition) is 3. The van der Waals surface area contributed by atoms with E-state index in [2.05, 4.69) is 21.3 Å². The van der Waals surface area contributed by atoms with Crippen LogP contribution in [0.15, 0.2) is 24.3 Å². The van der Waals surface area contributed by atoms with Gasteiger partial charge in [0.2, 0.25) is 0 Å². The molecule has 0 saturated heterocycles. The van der Waals surface area contributed by atoms with Crippen molar-refractivity contribution in [3.63, 3.8) is 0 Å². The van der Waals surface area contributed by atoms with E-state index in [9.17, 15) is 13.2 Å². The summed E-state index contributed by atoms with van der Waals surface area (Å²) in [4.78, 5) is 11.1. The first-order valence-electron chi connectivity index (χ1n) is 5.64. The van der Waals surface area contributed by atoms with Crippen molar-refractivity contribution in [1.82, 2.24) is 4.72 Å². The fraction of sp³-hybridized carbons (Fsp3) is 0.250. The van der Waals surface area contributed by atoms with Crippen LogP contribution in [-0.4, -0.2) is 32.8 Å². The monoisotopic (exact) mass is 298 g/mol. The molecule has 0 atom stereocenters. The number of nitrogens with one attached hydrogen (secondary N) is 2. The fourth-order valence-electron chi connectivity index (χ4n) is 1.25. The second kappa shape index (κ2) is 7.37. The number of aliphatic hydroxyl groups excluding tert-OH is 1. The van der Waals surface area contributed by atoms with Crippen molar-refractivity contribution in [3.8, 4) is 11.8 Å². The summed E-state index contributed by atoms with van der Waals surface area (Å²) < 4.78 is 31.5. The van der Waals surface area contributed by atoms with Gasteiger partial charge in [-0.1, -0.05) is 17.9 Å². The van der Waals surface area contributed by atoms with Crippen molar-refractivity contribution in [2.45, 2.75) is 6.92 Å². The lowest BCUT2D eigenvalue weighted by Crippen LogP contribution is -2.35. The number of ether oxygens (including phenoxy) is 1. The summed E-state index contributed by atoms with van der Waals surface area (Å²) in [5.74, 6) is 5.08. The fourth-order valence-corrected chi connectivity index (χ4v) is 2.02. The molecule has 0 aliphatic rings. The summed E-state index contributed by atoms with van der Waals surface area (Å²) in [7, 11) is -4.07. The molecule has 0 bridgehead atoms. The van der Waals surface area contributed by atoms with Crippen molar-refractivity contribution in [1.29, 1.82) is 0 Å². The molecule has 0 spiro atoms. The maximum absolute atomic E-state index is 11.6. The summed E-state index contributed by atoms with van der Waals surface area (Å²) in [5, 5.41) is 8.59. The third kappa shape index (κ3) is 5.60. The van der Waals surface area contributed by atoms with Gasteiger partial charge in [-0.2, -0.15) is 8.42 Å². The number of anilines is 1. The number of amides is 1. The number of aliphatic hydroxyl groups is 1. The second-order valence-corrected chi connectivity index (χ2v) is 4.88. The minimum atomic E-state index is -4.07. The maximum Gasteiger partial charge on any atom is 0.422 e. The lowest BCUT2D eigenvalue weighted by molar-refractivity contribution is 0.159. The Morgan fingerprint density at radius 1 is 1.45 bits per heavy atom. The van der Waals surface area contributed by atoms with E-state index in [1.165, 1.54) is 12.1 Å². The Hall–Kier alpha value is -2.24. The van der Waals surface area contributed by atoms with E-state index < -0.39 is 16.3 Å². The molecule has 0 unspecified atom stereocenters. The van der Waals surface area contributed by atoms with Gasteiger partial charge in [-0.15, -0.1) is 0 Å². The smallest absolute Gasteiger partial charge is 0.422 e. The third-order valence-corrected chi connectivity index (χ3v) is 2.86. The molecule has 1 aromatic rings. The first kappa shape index (κ1) is 15.8. The number of carbonyl (C=O) groups is 1. The normalized spacial score (nSPS) is 10.1. The van der Waals surface area contributed by atoms with Gasteiger partial charge in [-0.25, -0.2) is 9.52 Å². The molecule has 0 radical (unpaired) electrons. The first-order valence-corrected chi connectivity index (χ1v) is 7.12. The van der Waals surface area contributed by atoms with E-state index in [4.69, 9.17) is 5.11 Å². The molecule has 7 nitrogen and oxygen atoms in total. The van der Waals surface area contributed by atoms with Crippen molar-refractivity contribution in [3.05, 3.63) is 29.8 Å². The molecule has 0 aliphatic heterocycles. The molecule has 0 heterocycles. The van der Waals surface area contributed by atoms with Gasteiger partial charge in [-0.05, 0) is 25.1 Å². The summed E-state index contributed by atoms with van der Waals surface area (Å²) in [6.45, 7) is 1.33. The Balaban J connectivity index is 2.79. The Bertz CT molecular complexity index is 631. The van der Waals surface area contributed by atoms with Gasteiger partial charge < -0.3 is 9.84 Å². The topological polar surface area (TPSA) is 105 Å². The molecule has 108 valence electrons. The predicted octanol–water partition coefficient (Wildman–Crippen LogP) is 0.433. The summed E-state index contributed by atoms with van der Waals surface area (Å²) in [5.41, 5.74) is 0.752. The van der Waals surface area contributed by atoms with Crippen LogP contribution >= 0.6 is 0 Å². The van der Waals surface area contributed by atoms with Crippen LogP contribution in [0.1, 0.15) is 12.5 Å². The molecule has 3 N–H and O–H groups in total. The minimum absolute atomic E-state index is 0.0631. The summed E-state index contributed by atoms with van der Waals surface area (Å²) >= 11 is 0. The minimum Gasteiger partial charge on any atom is -0.449 e. The zero-order valence-electron chi connectivity index (χ0n) is 10.7. The van der Waals surface area contributed by atoms with E-state index in [0.29, 0.717) is 5.56 Å². The molecular weight excluding hydrogens is 284 g/mol. The molecular formula is C12H14N2O5S. The largest absolute Gasteiger partial charge is 0.449 e. The van der Waals surface area contributed by atoms with Gasteiger partial charge in [0, 0.05) is 5.56 Å². The number of rotatable bonds is 4. The lowest BCUT2D eigenvalue weighted by Gasteiger charge is -2.09. The van der Waals surface area contributed by atoms with Crippen LogP contribution < -0.4 is 9.44 Å². The number of benzene rings is 1. The Kier molecular flexibility index (Phi) is 5.83. The summed E-state index contributed by atoms with van der Waals surface area (Å²) in [6.07, 6.45) is -1.06. The van der Waals surface area contributed by atoms with Gasteiger partial charge >= 0.3 is 16.3 Å². The highest BCUT2D eigenvalue weighted by Crippen LogP contribution is 2.11. The molecule has 0 aliphatic carbocycles. The van der Waals surface area contributed by atoms with Crippen LogP contribution in [0, 0.1) is 11.8 Å². The van der Waals surface area contributed by atoms with Gasteiger partial charge in [0.05, 0.1) is 12.3 Å². The average molecular weight is 298 g/mol. The van der Waals surface area contributed by atoms with Crippen LogP contribution in [-0.2, 0) is 14.9 Å². The molecule has 0 fully saturated rings. The van der Waals surface area contributed by atoms with Crippen LogP contribution in [0.4, 0.5) is 10.5 Å². The van der Waals surface area contributed by atoms with Gasteiger partial charge in [0.1, 0.15) is 6.61 Å². The van der Waals surface area contributed by atoms with E-state index in [-0.39, 0.29) is 18.9 Å². The van der Waals surface area contributed by atoms with Crippen LogP contribution in [0.5, 0.6) is 0 Å². The van der Waals surface area contributed by atoms with Crippen LogP contribution in [0.2, 0.25) is 0 Å². The number of hydrogen-bond acceptors (Lipinski definition) is 5. The third-order valence-electron chi connectivity index (χ3n) is 1.92. The summed E-state index contributed by atoms with van der Waals surface area (Å²) in [6, 6.07) is 6.20. The van der Waals surface area contributed by atoms with E-state index >= 15 is 0 Å². The first-order chi connectivity index (χ1) is 9.46. The quantitative estimate of drug-likeness (QED) is 0.699. The standard InChI is InChI=1S/C12H14N2O5S/c1-2-19-12(16)14-20(17,18)13-11-7-3-5-10(9-11)6-4-8-15/h3,5,7,9,13,15H,2,8H2,1H3,(H,14,16). The predicted molar refractivity (Wildman–Crippen MR) is 73.1 cm³/mol. The molecule has 0 aromatic heterocycles. The van der Waals surface area contributed by atoms with Crippen molar-refractivity contribution >= 4 is 22.0 Å². The van der Waals surface area contributed by atoms with Gasteiger partial charge in [0.15, 0.2) is 0 Å². The van der Waals surface area contributed by atoms with Crippen LogP contribution in [0.25, 0.3) is 0 Å². The Morgan fingerprint density at radius 3 is 2.85 bits per heavy atom. The Morgan fingerprint density at radius 2 is 2.20 bits per heavy atom. The molecule has 0 saturated carbocycles. The highest BCUT2D eigenvalue weighted by molar-refractivity contribution is 7.91. The lowest BCUT2D eigenvalue weighted by atomic mass is 10.2. The highest BCUT2D eigenvalue weighted by Gasteiger charge is 2.14. The van der Waals surface area contributed by atoms with Crippen molar-refractivity contribution in [2.24, 2.45) is 0 Å². The van der Waals surface area contributed by atoms with E-state index in [1.54, 1.807) is 23.8 Å². The maximum atomic E-state index is 11.6. The van der Waals surface area contributed by atoms with E-state index in [0.717, 1.165) is 0 Å². The van der Waals surface area contributed by atoms with Gasteiger partial charge in [0.25, 0.3) is 0 Å². The molecule has 8 heteroatoms.